The number of hydrogen-bond acceptors (Lipinski definition) is 7. The number of rotatable bonds is 9. The van der Waals surface area contributed by atoms with Crippen LogP contribution in [0.5, 0.6) is 0 Å². The maximum atomic E-state index is 14.1. The lowest BCUT2D eigenvalue weighted by Crippen LogP contribution is -2.46. The van der Waals surface area contributed by atoms with Crippen LogP contribution in [0.2, 0.25) is 0 Å². The number of nitrogens with zero attached hydrogens (tertiary/aromatic N) is 1. The van der Waals surface area contributed by atoms with E-state index in [4.69, 9.17) is 4.84 Å². The van der Waals surface area contributed by atoms with E-state index < -0.39 is 15.8 Å². The third-order valence-corrected chi connectivity index (χ3v) is 10.0. The average molecular weight is 627 g/mol. The molecule has 1 atom stereocenters. The molecule has 1 aromatic carbocycles. The Bertz CT molecular complexity index is 1520. The minimum absolute atomic E-state index is 0.00568. The number of hydrogen-bond donors (Lipinski definition) is 2. The van der Waals surface area contributed by atoms with Crippen molar-refractivity contribution in [2.24, 2.45) is 17.3 Å². The van der Waals surface area contributed by atoms with Crippen molar-refractivity contribution < 1.29 is 28.0 Å². The number of sulfone groups is 1. The van der Waals surface area contributed by atoms with Crippen molar-refractivity contribution in [1.29, 1.82) is 0 Å². The highest BCUT2D eigenvalue weighted by Crippen LogP contribution is 2.38. The molecule has 0 radical (unpaired) electrons. The van der Waals surface area contributed by atoms with Gasteiger partial charge in [0.1, 0.15) is 4.88 Å². The van der Waals surface area contributed by atoms with Gasteiger partial charge < -0.3 is 10.0 Å². The van der Waals surface area contributed by atoms with Crippen LogP contribution in [-0.2, 0) is 26.1 Å². The molecule has 0 aliphatic heterocycles. The highest BCUT2D eigenvalue weighted by atomic mass is 32.2. The van der Waals surface area contributed by atoms with E-state index in [-0.39, 0.29) is 39.7 Å². The van der Waals surface area contributed by atoms with Crippen molar-refractivity contribution in [1.82, 2.24) is 5.48 Å². The fourth-order valence-electron chi connectivity index (χ4n) is 5.42. The van der Waals surface area contributed by atoms with E-state index in [9.17, 15) is 23.1 Å². The monoisotopic (exact) mass is 626 g/mol. The minimum atomic E-state index is -3.25. The summed E-state index contributed by atoms with van der Waals surface area (Å²) in [6.07, 6.45) is 8.64. The molecular formula is C33H42N2O6S2. The predicted molar refractivity (Wildman–Crippen MR) is 169 cm³/mol. The average Bonchev–Trinajstić information content (AvgIpc) is 3.37. The summed E-state index contributed by atoms with van der Waals surface area (Å²) in [5.74, 6) is 5.75. The molecule has 1 fully saturated rings. The normalized spacial score (nSPS) is 20.9. The van der Waals surface area contributed by atoms with Gasteiger partial charge in [-0.1, -0.05) is 37.0 Å². The third-order valence-electron chi connectivity index (χ3n) is 7.87. The molecule has 2 aromatic rings. The van der Waals surface area contributed by atoms with Gasteiger partial charge in [-0.3, -0.25) is 15.1 Å². The molecular weight excluding hydrogens is 585 g/mol. The van der Waals surface area contributed by atoms with Gasteiger partial charge in [-0.25, -0.2) is 13.2 Å². The number of carbonyl (C=O) groups is 2. The Kier molecular flexibility index (Phi) is 10.4. The summed E-state index contributed by atoms with van der Waals surface area (Å²) in [4.78, 5) is 35.0. The zero-order chi connectivity index (χ0) is 31.4. The van der Waals surface area contributed by atoms with Crippen LogP contribution in [0.3, 0.4) is 0 Å². The highest BCUT2D eigenvalue weighted by molar-refractivity contribution is 7.90. The number of amides is 1. The highest BCUT2D eigenvalue weighted by Gasteiger charge is 2.36. The molecule has 2 aliphatic carbocycles. The lowest BCUT2D eigenvalue weighted by atomic mass is 9.81. The van der Waals surface area contributed by atoms with Crippen molar-refractivity contribution in [3.63, 3.8) is 0 Å². The molecule has 1 amide bonds. The molecule has 0 bridgehead atoms. The molecule has 8 nitrogen and oxygen atoms in total. The van der Waals surface area contributed by atoms with Gasteiger partial charge in [0, 0.05) is 29.3 Å². The molecule has 0 saturated heterocycles. The summed E-state index contributed by atoms with van der Waals surface area (Å²) < 4.78 is 23.4. The van der Waals surface area contributed by atoms with Crippen LogP contribution in [-0.4, -0.2) is 37.7 Å². The number of nitrogens with one attached hydrogen (secondary N) is 1. The second kappa shape index (κ2) is 13.7. The van der Waals surface area contributed by atoms with Gasteiger partial charge in [-0.15, -0.1) is 11.3 Å². The molecule has 1 saturated carbocycles. The molecule has 2 N–H and O–H groups in total. The van der Waals surface area contributed by atoms with Crippen LogP contribution < -0.4 is 10.4 Å². The summed E-state index contributed by atoms with van der Waals surface area (Å²) in [6, 6.07) is 8.17. The Morgan fingerprint density at radius 1 is 1.12 bits per heavy atom. The van der Waals surface area contributed by atoms with Gasteiger partial charge in [0.2, 0.25) is 5.91 Å². The SMILES string of the molecule is CC1CCC(C(=O)N(c2cc(C#CC(C)(C)C)sc2C(=O)O)[C@H]2CC=C(NOCc3ccc(S(C)(=O)=O)cc3)CC2)CC1. The number of allylic oxidation sites excluding steroid dienone is 1. The molecule has 10 heteroatoms. The number of anilines is 1. The first-order chi connectivity index (χ1) is 20.2. The van der Waals surface area contributed by atoms with Gasteiger partial charge in [-0.2, -0.15) is 0 Å². The van der Waals surface area contributed by atoms with Crippen molar-refractivity contribution >= 4 is 38.7 Å². The van der Waals surface area contributed by atoms with Crippen molar-refractivity contribution in [3.8, 4) is 11.8 Å². The van der Waals surface area contributed by atoms with Crippen LogP contribution in [0.1, 0.15) is 92.8 Å². The predicted octanol–water partition coefficient (Wildman–Crippen LogP) is 6.56. The van der Waals surface area contributed by atoms with Crippen LogP contribution in [0.15, 0.2) is 47.0 Å². The van der Waals surface area contributed by atoms with E-state index in [1.54, 1.807) is 35.2 Å². The maximum Gasteiger partial charge on any atom is 0.348 e. The smallest absolute Gasteiger partial charge is 0.348 e. The molecule has 4 rings (SSSR count). The fraction of sp³-hybridized carbons (Fsp3) is 0.515. The zero-order valence-electron chi connectivity index (χ0n) is 25.6. The number of thiophene rings is 1. The third kappa shape index (κ3) is 8.94. The Morgan fingerprint density at radius 2 is 1.79 bits per heavy atom. The van der Waals surface area contributed by atoms with E-state index >= 15 is 0 Å². The van der Waals surface area contributed by atoms with Crippen molar-refractivity contribution in [2.75, 3.05) is 11.2 Å². The molecule has 0 spiro atoms. The van der Waals surface area contributed by atoms with E-state index in [1.165, 1.54) is 6.26 Å². The summed E-state index contributed by atoms with van der Waals surface area (Å²) in [6.45, 7) is 8.48. The minimum Gasteiger partial charge on any atom is -0.477 e. The number of carbonyl (C=O) groups excluding carboxylic acids is 1. The van der Waals surface area contributed by atoms with E-state index in [2.05, 4.69) is 24.2 Å². The van der Waals surface area contributed by atoms with Gasteiger partial charge in [0.05, 0.1) is 22.1 Å². The molecule has 43 heavy (non-hydrogen) atoms. The van der Waals surface area contributed by atoms with Gasteiger partial charge in [-0.05, 0) is 95.4 Å². The van der Waals surface area contributed by atoms with E-state index in [0.717, 1.165) is 48.3 Å². The number of benzene rings is 1. The summed E-state index contributed by atoms with van der Waals surface area (Å²) in [7, 11) is -3.25. The Morgan fingerprint density at radius 3 is 2.35 bits per heavy atom. The molecule has 232 valence electrons. The Hall–Kier alpha value is -3.13. The van der Waals surface area contributed by atoms with Crippen LogP contribution in [0.25, 0.3) is 0 Å². The van der Waals surface area contributed by atoms with Crippen LogP contribution >= 0.6 is 11.3 Å². The van der Waals surface area contributed by atoms with Crippen LogP contribution in [0.4, 0.5) is 5.69 Å². The lowest BCUT2D eigenvalue weighted by Gasteiger charge is -2.37. The Balaban J connectivity index is 1.52. The van der Waals surface area contributed by atoms with Crippen molar-refractivity contribution in [3.05, 3.63) is 57.4 Å². The summed E-state index contributed by atoms with van der Waals surface area (Å²) in [5.41, 5.74) is 4.94. The van der Waals surface area contributed by atoms with E-state index in [1.807, 2.05) is 26.8 Å². The molecule has 1 aromatic heterocycles. The van der Waals surface area contributed by atoms with Gasteiger partial charge in [0.15, 0.2) is 9.84 Å². The second-order valence-electron chi connectivity index (χ2n) is 12.8. The standard InChI is InChI=1S/C33H42N2O6S2/c1-22-6-10-24(11-7-22)31(36)35(29-20-27(18-19-33(2,3)4)42-30(29)32(37)38)26-14-12-25(13-15-26)34-41-21-23-8-16-28(17-9-23)43(5,39)40/h8-9,12,16-17,20,22,24,26,34H,6-7,10-11,13-15,21H2,1-5H3,(H,37,38)/t22?,24?,26-/m0/s1. The van der Waals surface area contributed by atoms with Crippen LogP contribution in [0, 0.1) is 29.1 Å². The molecule has 2 aliphatic rings. The number of hydroxylamine groups is 1. The van der Waals surface area contributed by atoms with Crippen molar-refractivity contribution in [2.45, 2.75) is 90.2 Å². The van der Waals surface area contributed by atoms with Gasteiger partial charge >= 0.3 is 5.97 Å². The fourth-order valence-corrected chi connectivity index (χ4v) is 6.89. The number of carboxylic acid groups (broad SMARTS) is 1. The van der Waals surface area contributed by atoms with Gasteiger partial charge in [0.25, 0.3) is 0 Å². The second-order valence-corrected chi connectivity index (χ2v) is 15.8. The number of aromatic carboxylic acids is 1. The lowest BCUT2D eigenvalue weighted by molar-refractivity contribution is -0.124. The van der Waals surface area contributed by atoms with E-state index in [0.29, 0.717) is 35.7 Å². The first-order valence-electron chi connectivity index (χ1n) is 14.8. The maximum absolute atomic E-state index is 14.1. The first kappa shape index (κ1) is 32.8. The molecule has 0 unspecified atom stereocenters. The largest absolute Gasteiger partial charge is 0.477 e. The Labute approximate surface area is 259 Å². The zero-order valence-corrected chi connectivity index (χ0v) is 27.2. The summed E-state index contributed by atoms with van der Waals surface area (Å²) >= 11 is 1.13. The number of carboxylic acids is 1. The summed E-state index contributed by atoms with van der Waals surface area (Å²) in [5, 5.41) is 10.1. The molecule has 1 heterocycles. The first-order valence-corrected chi connectivity index (χ1v) is 17.5. The topological polar surface area (TPSA) is 113 Å². The quantitative estimate of drug-likeness (QED) is 0.239.